The van der Waals surface area contributed by atoms with Gasteiger partial charge in [0.2, 0.25) is 0 Å². The summed E-state index contributed by atoms with van der Waals surface area (Å²) in [5, 5.41) is 0. The van der Waals surface area contributed by atoms with Gasteiger partial charge in [-0.15, -0.1) is 0 Å². The van der Waals surface area contributed by atoms with Crippen molar-refractivity contribution in [3.8, 4) is 0 Å². The predicted octanol–water partition coefficient (Wildman–Crippen LogP) is 4.32. The first-order valence-electron chi connectivity index (χ1n) is 6.38. The Balaban J connectivity index is 4.63. The lowest BCUT2D eigenvalue weighted by atomic mass is 9.85. The second-order valence-electron chi connectivity index (χ2n) is 6.78. The predicted molar refractivity (Wildman–Crippen MR) is 70.3 cm³/mol. The van der Waals surface area contributed by atoms with E-state index in [0.717, 1.165) is 12.6 Å². The van der Waals surface area contributed by atoms with E-state index in [9.17, 15) is 0 Å². The third-order valence-corrected chi connectivity index (χ3v) is 2.96. The lowest BCUT2D eigenvalue weighted by Crippen LogP contribution is -2.48. The van der Waals surface area contributed by atoms with Crippen molar-refractivity contribution in [1.82, 2.24) is 4.90 Å². The minimum atomic E-state index is 0.292. The van der Waals surface area contributed by atoms with Gasteiger partial charge >= 0.3 is 0 Å². The number of hydrogen-bond acceptors (Lipinski definition) is 1. The van der Waals surface area contributed by atoms with Gasteiger partial charge < -0.3 is 0 Å². The highest BCUT2D eigenvalue weighted by molar-refractivity contribution is 4.84. The maximum Gasteiger partial charge on any atom is 0.0127 e. The van der Waals surface area contributed by atoms with Crippen LogP contribution in [0.3, 0.4) is 0 Å². The van der Waals surface area contributed by atoms with Gasteiger partial charge in [-0.2, -0.15) is 0 Å². The average molecular weight is 213 g/mol. The van der Waals surface area contributed by atoms with Crippen molar-refractivity contribution >= 4 is 0 Å². The van der Waals surface area contributed by atoms with Crippen molar-refractivity contribution < 1.29 is 0 Å². The topological polar surface area (TPSA) is 3.24 Å². The van der Waals surface area contributed by atoms with E-state index in [2.05, 4.69) is 60.3 Å². The quantitative estimate of drug-likeness (QED) is 0.672. The molecule has 1 unspecified atom stereocenters. The summed E-state index contributed by atoms with van der Waals surface area (Å²) in [4.78, 5) is 2.64. The molecule has 92 valence electrons. The largest absolute Gasteiger partial charge is 0.296 e. The molecular weight excluding hydrogens is 182 g/mol. The molecule has 0 saturated carbocycles. The van der Waals surface area contributed by atoms with Gasteiger partial charge in [-0.25, -0.2) is 0 Å². The van der Waals surface area contributed by atoms with Gasteiger partial charge in [0.1, 0.15) is 0 Å². The normalized spacial score (nSPS) is 15.8. The van der Waals surface area contributed by atoms with Crippen LogP contribution in [0, 0.1) is 5.41 Å². The van der Waals surface area contributed by atoms with E-state index in [1.807, 2.05) is 0 Å². The summed E-state index contributed by atoms with van der Waals surface area (Å²) in [6, 6.07) is 0.718. The Morgan fingerprint density at radius 3 is 1.60 bits per heavy atom. The van der Waals surface area contributed by atoms with Crippen molar-refractivity contribution in [3.63, 3.8) is 0 Å². The zero-order valence-electron chi connectivity index (χ0n) is 12.1. The number of rotatable bonds is 4. The smallest absolute Gasteiger partial charge is 0.0127 e. The molecule has 1 atom stereocenters. The first-order chi connectivity index (χ1) is 6.61. The molecule has 0 aromatic carbocycles. The zero-order valence-corrected chi connectivity index (χ0v) is 12.1. The molecule has 0 heterocycles. The molecule has 0 N–H and O–H groups in total. The van der Waals surface area contributed by atoms with Crippen LogP contribution in [0.2, 0.25) is 0 Å². The molecule has 0 rings (SSSR count). The summed E-state index contributed by atoms with van der Waals surface area (Å²) < 4.78 is 0. The molecule has 1 heteroatoms. The Bertz CT molecular complexity index is 171. The average Bonchev–Trinajstić information content (AvgIpc) is 1.98. The van der Waals surface area contributed by atoms with E-state index in [-0.39, 0.29) is 0 Å². The van der Waals surface area contributed by atoms with Crippen LogP contribution in [-0.4, -0.2) is 23.0 Å². The van der Waals surface area contributed by atoms with Gasteiger partial charge in [0.25, 0.3) is 0 Å². The van der Waals surface area contributed by atoms with Crippen LogP contribution in [0.5, 0.6) is 0 Å². The van der Waals surface area contributed by atoms with Crippen LogP contribution < -0.4 is 0 Å². The number of hydrogen-bond donors (Lipinski definition) is 0. The van der Waals surface area contributed by atoms with Gasteiger partial charge in [0.05, 0.1) is 0 Å². The standard InChI is InChI=1S/C14H31N/c1-9-12(11-13(3,4)5)15(10-2)14(6,7)8/h12H,9-11H2,1-8H3. The summed E-state index contributed by atoms with van der Waals surface area (Å²) in [6.45, 7) is 19.7. The van der Waals surface area contributed by atoms with Crippen LogP contribution in [0.15, 0.2) is 0 Å². The Morgan fingerprint density at radius 2 is 1.40 bits per heavy atom. The van der Waals surface area contributed by atoms with Gasteiger partial charge in [-0.3, -0.25) is 4.90 Å². The Hall–Kier alpha value is -0.0400. The summed E-state index contributed by atoms with van der Waals surface area (Å²) in [5.41, 5.74) is 0.722. The highest BCUT2D eigenvalue weighted by Crippen LogP contribution is 2.28. The Morgan fingerprint density at radius 1 is 0.933 bits per heavy atom. The van der Waals surface area contributed by atoms with Crippen LogP contribution in [0.1, 0.15) is 68.2 Å². The fraction of sp³-hybridized carbons (Fsp3) is 1.00. The van der Waals surface area contributed by atoms with Crippen LogP contribution >= 0.6 is 0 Å². The van der Waals surface area contributed by atoms with E-state index < -0.39 is 0 Å². The fourth-order valence-electron chi connectivity index (χ4n) is 2.46. The summed E-state index contributed by atoms with van der Waals surface area (Å²) in [6.07, 6.45) is 2.54. The molecule has 0 bridgehead atoms. The van der Waals surface area contributed by atoms with Crippen molar-refractivity contribution in [1.29, 1.82) is 0 Å². The maximum atomic E-state index is 2.64. The minimum absolute atomic E-state index is 0.292. The van der Waals surface area contributed by atoms with Crippen molar-refractivity contribution in [3.05, 3.63) is 0 Å². The first-order valence-corrected chi connectivity index (χ1v) is 6.38. The van der Waals surface area contributed by atoms with E-state index >= 15 is 0 Å². The van der Waals surface area contributed by atoms with Crippen molar-refractivity contribution in [2.45, 2.75) is 79.8 Å². The molecule has 0 aromatic rings. The molecule has 1 nitrogen and oxygen atoms in total. The van der Waals surface area contributed by atoms with E-state index in [1.54, 1.807) is 0 Å². The summed E-state index contributed by atoms with van der Waals surface area (Å²) >= 11 is 0. The molecule has 0 aliphatic rings. The molecule has 0 aliphatic carbocycles. The minimum Gasteiger partial charge on any atom is -0.296 e. The Kier molecular flexibility index (Phi) is 5.32. The maximum absolute atomic E-state index is 2.64. The highest BCUT2D eigenvalue weighted by Gasteiger charge is 2.29. The molecule has 0 radical (unpaired) electrons. The Labute approximate surface area is 97.2 Å². The number of nitrogens with zero attached hydrogens (tertiary/aromatic N) is 1. The monoisotopic (exact) mass is 213 g/mol. The third-order valence-electron chi connectivity index (χ3n) is 2.96. The molecule has 0 saturated heterocycles. The van der Waals surface area contributed by atoms with Crippen molar-refractivity contribution in [2.75, 3.05) is 6.54 Å². The van der Waals surface area contributed by atoms with Crippen LogP contribution in [0.4, 0.5) is 0 Å². The SMILES string of the molecule is CCC(CC(C)(C)C)N(CC)C(C)(C)C. The zero-order chi connectivity index (χ0) is 12.3. The van der Waals surface area contributed by atoms with Gasteiger partial charge in [0.15, 0.2) is 0 Å². The molecule has 0 spiro atoms. The second kappa shape index (κ2) is 5.34. The molecule has 0 amide bonds. The first kappa shape index (κ1) is 15.0. The molecule has 15 heavy (non-hydrogen) atoms. The highest BCUT2D eigenvalue weighted by atomic mass is 15.2. The molecule has 0 fully saturated rings. The lowest BCUT2D eigenvalue weighted by molar-refractivity contribution is 0.0615. The fourth-order valence-corrected chi connectivity index (χ4v) is 2.46. The van der Waals surface area contributed by atoms with Gasteiger partial charge in [-0.05, 0) is 45.6 Å². The van der Waals surface area contributed by atoms with Crippen LogP contribution in [0.25, 0.3) is 0 Å². The lowest BCUT2D eigenvalue weighted by Gasteiger charge is -2.43. The molecule has 0 aromatic heterocycles. The van der Waals surface area contributed by atoms with E-state index in [4.69, 9.17) is 0 Å². The molecule has 0 aliphatic heterocycles. The second-order valence-corrected chi connectivity index (χ2v) is 6.78. The third kappa shape index (κ3) is 5.55. The van der Waals surface area contributed by atoms with Crippen LogP contribution in [-0.2, 0) is 0 Å². The summed E-state index contributed by atoms with van der Waals surface area (Å²) in [7, 11) is 0. The molecular formula is C14H31N. The van der Waals surface area contributed by atoms with Gasteiger partial charge in [-0.1, -0.05) is 34.6 Å². The van der Waals surface area contributed by atoms with Crippen molar-refractivity contribution in [2.24, 2.45) is 5.41 Å². The summed E-state index contributed by atoms with van der Waals surface area (Å²) in [5.74, 6) is 0. The van der Waals surface area contributed by atoms with E-state index in [1.165, 1.54) is 12.8 Å². The van der Waals surface area contributed by atoms with Gasteiger partial charge in [0, 0.05) is 11.6 Å². The van der Waals surface area contributed by atoms with E-state index in [0.29, 0.717) is 11.0 Å².